The SMILES string of the molecule is CCC1=[C-]C(CC)C=C1c1cccc(CC)c1.CCC1=[C-]C(CC)C=C1c1cccc(CC)c1.C[Si](=[Zr+2])c1ccccc1.[Cl-].[Cl-]. The fourth-order valence-corrected chi connectivity index (χ4v) is 7.38. The van der Waals surface area contributed by atoms with Crippen LogP contribution in [0.1, 0.15) is 89.5 Å². The van der Waals surface area contributed by atoms with Gasteiger partial charge in [-0.2, -0.15) is 23.3 Å². The Morgan fingerprint density at radius 1 is 0.578 bits per heavy atom. The van der Waals surface area contributed by atoms with E-state index in [-0.39, 0.29) is 30.2 Å². The number of rotatable bonds is 9. The quantitative estimate of drug-likeness (QED) is 0.222. The molecule has 0 saturated heterocycles. The average molecular weight is 733 g/mol. The van der Waals surface area contributed by atoms with Crippen molar-refractivity contribution in [3.63, 3.8) is 0 Å². The van der Waals surface area contributed by atoms with Gasteiger partial charge in [0.25, 0.3) is 0 Å². The zero-order valence-electron chi connectivity index (χ0n) is 28.3. The van der Waals surface area contributed by atoms with Crippen molar-refractivity contribution in [2.24, 2.45) is 11.8 Å². The van der Waals surface area contributed by atoms with E-state index in [1.165, 1.54) is 44.5 Å². The first kappa shape index (κ1) is 41.3. The minimum absolute atomic E-state index is 0. The van der Waals surface area contributed by atoms with Crippen LogP contribution in [-0.4, -0.2) is 5.43 Å². The van der Waals surface area contributed by atoms with Crippen LogP contribution >= 0.6 is 0 Å². The molecule has 0 nitrogen and oxygen atoms in total. The van der Waals surface area contributed by atoms with Gasteiger partial charge in [-0.05, 0) is 24.0 Å². The second kappa shape index (κ2) is 22.0. The van der Waals surface area contributed by atoms with Crippen LogP contribution in [0, 0.1) is 24.0 Å². The van der Waals surface area contributed by atoms with Crippen molar-refractivity contribution in [3.05, 3.63) is 137 Å². The topological polar surface area (TPSA) is 0 Å². The number of hydrogen-bond donors (Lipinski definition) is 0. The zero-order chi connectivity index (χ0) is 31.2. The molecular formula is C41H50Cl2SiZr-2. The molecule has 2 atom stereocenters. The molecule has 45 heavy (non-hydrogen) atoms. The van der Waals surface area contributed by atoms with Crippen LogP contribution in [0.15, 0.2) is 102 Å². The summed E-state index contributed by atoms with van der Waals surface area (Å²) in [5, 5.41) is 1.56. The molecule has 0 spiro atoms. The van der Waals surface area contributed by atoms with Crippen LogP contribution in [0.2, 0.25) is 6.55 Å². The molecule has 3 aromatic carbocycles. The van der Waals surface area contributed by atoms with E-state index < -0.39 is 0 Å². The first-order chi connectivity index (χ1) is 20.9. The van der Waals surface area contributed by atoms with E-state index >= 15 is 0 Å². The van der Waals surface area contributed by atoms with Gasteiger partial charge in [0.15, 0.2) is 0 Å². The number of aryl methyl sites for hydroxylation is 2. The Bertz CT molecular complexity index is 1380. The molecule has 0 radical (unpaired) electrons. The Labute approximate surface area is 302 Å². The van der Waals surface area contributed by atoms with E-state index in [9.17, 15) is 0 Å². The van der Waals surface area contributed by atoms with E-state index in [1.54, 1.807) is 28.5 Å². The maximum absolute atomic E-state index is 3.60. The Morgan fingerprint density at radius 3 is 1.31 bits per heavy atom. The van der Waals surface area contributed by atoms with Gasteiger partial charge in [-0.1, -0.05) is 128 Å². The first-order valence-electron chi connectivity index (χ1n) is 16.3. The van der Waals surface area contributed by atoms with E-state index in [4.69, 9.17) is 0 Å². The normalized spacial score (nSPS) is 16.3. The van der Waals surface area contributed by atoms with Gasteiger partial charge in [0.2, 0.25) is 0 Å². The monoisotopic (exact) mass is 730 g/mol. The Hall–Kier alpha value is -1.70. The van der Waals surface area contributed by atoms with Crippen LogP contribution in [-0.2, 0) is 36.2 Å². The van der Waals surface area contributed by atoms with Gasteiger partial charge in [-0.15, -0.1) is 11.1 Å². The summed E-state index contributed by atoms with van der Waals surface area (Å²) in [6, 6.07) is 28.6. The van der Waals surface area contributed by atoms with Crippen LogP contribution in [0.25, 0.3) is 11.1 Å². The summed E-state index contributed by atoms with van der Waals surface area (Å²) in [4.78, 5) is 0. The molecule has 0 aromatic heterocycles. The van der Waals surface area contributed by atoms with Gasteiger partial charge in [0.05, 0.1) is 0 Å². The van der Waals surface area contributed by atoms with Crippen molar-refractivity contribution < 1.29 is 48.1 Å². The van der Waals surface area contributed by atoms with E-state index in [1.807, 2.05) is 0 Å². The van der Waals surface area contributed by atoms with Gasteiger partial charge in [0, 0.05) is 0 Å². The largest absolute Gasteiger partial charge is 1.00 e. The molecule has 0 aliphatic heterocycles. The summed E-state index contributed by atoms with van der Waals surface area (Å²) in [5.41, 5.74) is 11.1. The van der Waals surface area contributed by atoms with Crippen molar-refractivity contribution >= 4 is 21.8 Å². The Balaban J connectivity index is 0.000000346. The molecule has 3 aromatic rings. The second-order valence-corrected chi connectivity index (χ2v) is 18.6. The summed E-state index contributed by atoms with van der Waals surface area (Å²) in [6.45, 7) is 15.7. The smallest absolute Gasteiger partial charge is 1.00 e. The van der Waals surface area contributed by atoms with Gasteiger partial charge in [-0.3, -0.25) is 12.2 Å². The van der Waals surface area contributed by atoms with E-state index in [0.717, 1.165) is 38.5 Å². The molecule has 0 N–H and O–H groups in total. The standard InChI is InChI=1S/2C17H21.C7H8Si.2ClH.Zr/c2*1-4-13-8-7-9-16(10-13)17-12-14(5-2)11-15(17)6-3;1-8-7-5-3-2-4-6-7;;;/h2*7-10,12,14H,4-6H2,1-3H3;2-6H,1H3;2*1H;/q2*-1;;;;+2/p-2. The maximum Gasteiger partial charge on any atom is -1.00 e. The summed E-state index contributed by atoms with van der Waals surface area (Å²) >= 11 is 1.69. The molecule has 0 heterocycles. The molecule has 5 rings (SSSR count). The van der Waals surface area contributed by atoms with Crippen molar-refractivity contribution in [3.8, 4) is 0 Å². The third-order valence-electron chi connectivity index (χ3n) is 8.19. The summed E-state index contributed by atoms with van der Waals surface area (Å²) in [6.07, 6.45) is 18.6. The fourth-order valence-electron chi connectivity index (χ4n) is 5.46. The predicted molar refractivity (Wildman–Crippen MR) is 187 cm³/mol. The minimum atomic E-state index is -0.122. The zero-order valence-corrected chi connectivity index (χ0v) is 33.3. The van der Waals surface area contributed by atoms with Crippen LogP contribution in [0.3, 0.4) is 0 Å². The molecule has 2 aliphatic carbocycles. The maximum atomic E-state index is 3.60. The summed E-state index contributed by atoms with van der Waals surface area (Å²) in [7, 11) is 0. The van der Waals surface area contributed by atoms with Crippen molar-refractivity contribution in [1.29, 1.82) is 0 Å². The number of hydrogen-bond acceptors (Lipinski definition) is 0. The minimum Gasteiger partial charge on any atom is -1.00 e. The number of benzene rings is 3. The molecule has 0 fully saturated rings. The Kier molecular flexibility index (Phi) is 20.2. The average Bonchev–Trinajstić information content (AvgIpc) is 3.70. The second-order valence-electron chi connectivity index (χ2n) is 11.2. The van der Waals surface area contributed by atoms with Gasteiger partial charge in [0.1, 0.15) is 0 Å². The van der Waals surface area contributed by atoms with Crippen molar-refractivity contribution in [2.75, 3.05) is 0 Å². The third-order valence-corrected chi connectivity index (χ3v) is 11.5. The van der Waals surface area contributed by atoms with Gasteiger partial charge >= 0.3 is 70.8 Å². The summed E-state index contributed by atoms with van der Waals surface area (Å²) < 4.78 is 0. The molecule has 4 heteroatoms. The first-order valence-corrected chi connectivity index (χ1v) is 22.0. The molecule has 0 bridgehead atoms. The van der Waals surface area contributed by atoms with Crippen LogP contribution < -0.4 is 30.0 Å². The van der Waals surface area contributed by atoms with Crippen LogP contribution in [0.5, 0.6) is 0 Å². The van der Waals surface area contributed by atoms with Crippen molar-refractivity contribution in [1.82, 2.24) is 0 Å². The van der Waals surface area contributed by atoms with Crippen molar-refractivity contribution in [2.45, 2.75) is 86.6 Å². The molecule has 0 saturated carbocycles. The molecule has 238 valence electrons. The number of halogens is 2. The summed E-state index contributed by atoms with van der Waals surface area (Å²) in [5.74, 6) is 1.04. The fraction of sp³-hybridized carbons (Fsp3) is 0.366. The van der Waals surface area contributed by atoms with Crippen LogP contribution in [0.4, 0.5) is 0 Å². The molecule has 2 aliphatic rings. The molecule has 2 unspecified atom stereocenters. The number of allylic oxidation sites excluding steroid dienone is 8. The van der Waals surface area contributed by atoms with Gasteiger partial charge in [-0.25, -0.2) is 11.1 Å². The van der Waals surface area contributed by atoms with Gasteiger partial charge < -0.3 is 24.8 Å². The predicted octanol–water partition coefficient (Wildman–Crippen LogP) is 4.69. The van der Waals surface area contributed by atoms with E-state index in [2.05, 4.69) is 151 Å². The van der Waals surface area contributed by atoms with E-state index in [0.29, 0.717) is 11.8 Å². The molecular weight excluding hydrogens is 683 g/mol. The third kappa shape index (κ3) is 12.4. The Morgan fingerprint density at radius 2 is 1.00 bits per heavy atom. The molecule has 0 amide bonds.